The lowest BCUT2D eigenvalue weighted by Crippen LogP contribution is -2.02. The topological polar surface area (TPSA) is 56.0 Å². The van der Waals surface area contributed by atoms with Crippen molar-refractivity contribution in [3.8, 4) is 0 Å². The number of hydrogen-bond acceptors (Lipinski definition) is 3. The highest BCUT2D eigenvalue weighted by Crippen LogP contribution is 2.21. The third-order valence-corrected chi connectivity index (χ3v) is 2.84. The maximum atomic E-state index is 11.1. The van der Waals surface area contributed by atoms with Crippen molar-refractivity contribution in [1.29, 1.82) is 0 Å². The molecule has 2 rings (SSSR count). The summed E-state index contributed by atoms with van der Waals surface area (Å²) in [7, 11) is 0. The first-order valence-corrected chi connectivity index (χ1v) is 6.26. The molecule has 19 heavy (non-hydrogen) atoms. The van der Waals surface area contributed by atoms with Gasteiger partial charge in [0.25, 0.3) is 0 Å². The molecule has 1 aromatic heterocycles. The third-order valence-electron chi connectivity index (χ3n) is 2.84. The molecule has 0 aliphatic carbocycles. The number of nitrogens with zero attached hydrogens (tertiary/aromatic N) is 2. The van der Waals surface area contributed by atoms with E-state index in [1.54, 1.807) is 12.3 Å². The smallest absolute Gasteiger partial charge is 0.247 e. The zero-order chi connectivity index (χ0) is 13.8. The summed E-state index contributed by atoms with van der Waals surface area (Å²) in [6, 6.07) is 9.52. The Bertz CT molecular complexity index is 628. The summed E-state index contributed by atoms with van der Waals surface area (Å²) in [4.78, 5) is 15.1. The lowest BCUT2D eigenvalue weighted by atomic mass is 10.0. The fraction of sp³-hybridized carbons (Fsp3) is 0.267. The van der Waals surface area contributed by atoms with Crippen LogP contribution in [0.1, 0.15) is 25.8 Å². The van der Waals surface area contributed by atoms with Crippen LogP contribution >= 0.6 is 0 Å². The summed E-state index contributed by atoms with van der Waals surface area (Å²) in [5.41, 5.74) is 1.83. The summed E-state index contributed by atoms with van der Waals surface area (Å²) in [6.45, 7) is 3.94. The van der Waals surface area contributed by atoms with Crippen molar-refractivity contribution in [1.82, 2.24) is 4.98 Å². The number of nitro groups is 1. The average Bonchev–Trinajstić information content (AvgIpc) is 2.37. The molecule has 0 bridgehead atoms. The van der Waals surface area contributed by atoms with Gasteiger partial charge >= 0.3 is 0 Å². The number of fused-ring (bicyclic) bond motifs is 1. The standard InChI is InChI=1S/C15H16N2O2/c1-11(2)9-14(17(18)19)10-13-6-3-5-12-7-4-8-16-15(12)13/h3-8,10-11H,9H2,1-2H3/b14-10+. The zero-order valence-corrected chi connectivity index (χ0v) is 11.0. The van der Waals surface area contributed by atoms with Crippen LogP contribution < -0.4 is 0 Å². The van der Waals surface area contributed by atoms with Crippen molar-refractivity contribution < 1.29 is 4.92 Å². The predicted octanol–water partition coefficient (Wildman–Crippen LogP) is 3.90. The van der Waals surface area contributed by atoms with Crippen LogP contribution in [0.2, 0.25) is 0 Å². The Labute approximate surface area is 111 Å². The van der Waals surface area contributed by atoms with Crippen LogP contribution in [0.4, 0.5) is 0 Å². The average molecular weight is 256 g/mol. The monoisotopic (exact) mass is 256 g/mol. The number of allylic oxidation sites excluding steroid dienone is 1. The minimum absolute atomic E-state index is 0.230. The molecular formula is C15H16N2O2. The van der Waals surface area contributed by atoms with Crippen LogP contribution in [0.15, 0.2) is 42.2 Å². The summed E-state index contributed by atoms with van der Waals surface area (Å²) in [6.07, 6.45) is 3.79. The van der Waals surface area contributed by atoms with Gasteiger partial charge in [0, 0.05) is 29.6 Å². The fourth-order valence-electron chi connectivity index (χ4n) is 2.03. The van der Waals surface area contributed by atoms with E-state index in [0.29, 0.717) is 6.42 Å². The maximum Gasteiger partial charge on any atom is 0.247 e. The fourth-order valence-corrected chi connectivity index (χ4v) is 2.03. The van der Waals surface area contributed by atoms with E-state index >= 15 is 0 Å². The Morgan fingerprint density at radius 2 is 2.11 bits per heavy atom. The summed E-state index contributed by atoms with van der Waals surface area (Å²) < 4.78 is 0. The number of rotatable bonds is 4. The minimum atomic E-state index is -0.304. The number of aromatic nitrogens is 1. The summed E-state index contributed by atoms with van der Waals surface area (Å²) in [5.74, 6) is 0.250. The number of pyridine rings is 1. The van der Waals surface area contributed by atoms with Gasteiger partial charge in [-0.25, -0.2) is 0 Å². The predicted molar refractivity (Wildman–Crippen MR) is 76.2 cm³/mol. The van der Waals surface area contributed by atoms with Crippen LogP contribution in [0.5, 0.6) is 0 Å². The second-order valence-corrected chi connectivity index (χ2v) is 4.91. The van der Waals surface area contributed by atoms with Crippen LogP contribution in [-0.4, -0.2) is 9.91 Å². The van der Waals surface area contributed by atoms with Gasteiger partial charge in [-0.3, -0.25) is 15.1 Å². The molecule has 0 spiro atoms. The molecule has 1 heterocycles. The van der Waals surface area contributed by atoms with Crippen LogP contribution in [0.25, 0.3) is 17.0 Å². The quantitative estimate of drug-likeness (QED) is 0.615. The molecule has 1 aromatic carbocycles. The molecule has 98 valence electrons. The van der Waals surface area contributed by atoms with E-state index in [1.807, 2.05) is 44.2 Å². The van der Waals surface area contributed by atoms with Gasteiger partial charge in [0.15, 0.2) is 0 Å². The van der Waals surface area contributed by atoms with Gasteiger partial charge in [0.05, 0.1) is 10.4 Å². The first kappa shape index (κ1) is 13.2. The van der Waals surface area contributed by atoms with Crippen molar-refractivity contribution >= 4 is 17.0 Å². The van der Waals surface area contributed by atoms with Crippen LogP contribution in [0.3, 0.4) is 0 Å². The molecule has 0 amide bonds. The van der Waals surface area contributed by atoms with Crippen molar-refractivity contribution in [2.75, 3.05) is 0 Å². The van der Waals surface area contributed by atoms with Gasteiger partial charge in [-0.1, -0.05) is 38.1 Å². The van der Waals surface area contributed by atoms with Gasteiger partial charge in [0.1, 0.15) is 0 Å². The molecule has 0 aliphatic rings. The Kier molecular flexibility index (Phi) is 3.90. The van der Waals surface area contributed by atoms with Gasteiger partial charge < -0.3 is 0 Å². The molecule has 0 N–H and O–H groups in total. The first-order valence-electron chi connectivity index (χ1n) is 6.26. The SMILES string of the molecule is CC(C)C/C(=C\c1cccc2cccnc12)[N+](=O)[O-]. The normalized spacial score (nSPS) is 12.1. The highest BCUT2D eigenvalue weighted by Gasteiger charge is 2.14. The molecule has 0 radical (unpaired) electrons. The molecule has 0 unspecified atom stereocenters. The van der Waals surface area contributed by atoms with Crippen molar-refractivity contribution in [3.05, 3.63) is 57.9 Å². The van der Waals surface area contributed by atoms with Gasteiger partial charge in [0.2, 0.25) is 5.70 Å². The van der Waals surface area contributed by atoms with Crippen molar-refractivity contribution in [2.24, 2.45) is 5.92 Å². The largest absolute Gasteiger partial charge is 0.259 e. The number of hydrogen-bond donors (Lipinski definition) is 0. The van der Waals surface area contributed by atoms with E-state index in [-0.39, 0.29) is 16.5 Å². The van der Waals surface area contributed by atoms with Gasteiger partial charge in [-0.2, -0.15) is 0 Å². The zero-order valence-electron chi connectivity index (χ0n) is 11.0. The Balaban J connectivity index is 2.51. The molecule has 0 aliphatic heterocycles. The van der Waals surface area contributed by atoms with E-state index in [2.05, 4.69) is 4.98 Å². The van der Waals surface area contributed by atoms with Crippen molar-refractivity contribution in [3.63, 3.8) is 0 Å². The molecule has 2 aromatic rings. The highest BCUT2D eigenvalue weighted by molar-refractivity contribution is 5.87. The summed E-state index contributed by atoms with van der Waals surface area (Å²) >= 11 is 0. The van der Waals surface area contributed by atoms with Gasteiger partial charge in [-0.05, 0) is 12.0 Å². The van der Waals surface area contributed by atoms with E-state index in [1.165, 1.54) is 0 Å². The molecule has 4 nitrogen and oxygen atoms in total. The Morgan fingerprint density at radius 1 is 1.37 bits per heavy atom. The second-order valence-electron chi connectivity index (χ2n) is 4.91. The Hall–Kier alpha value is -2.23. The molecular weight excluding hydrogens is 240 g/mol. The minimum Gasteiger partial charge on any atom is -0.259 e. The molecule has 0 atom stereocenters. The van der Waals surface area contributed by atoms with E-state index in [0.717, 1.165) is 16.5 Å². The van der Waals surface area contributed by atoms with E-state index < -0.39 is 0 Å². The van der Waals surface area contributed by atoms with Crippen LogP contribution in [-0.2, 0) is 0 Å². The van der Waals surface area contributed by atoms with E-state index in [4.69, 9.17) is 0 Å². The molecule has 4 heteroatoms. The second kappa shape index (κ2) is 5.61. The van der Waals surface area contributed by atoms with E-state index in [9.17, 15) is 10.1 Å². The Morgan fingerprint density at radius 3 is 2.79 bits per heavy atom. The van der Waals surface area contributed by atoms with Gasteiger partial charge in [-0.15, -0.1) is 0 Å². The third kappa shape index (κ3) is 3.16. The summed E-state index contributed by atoms with van der Waals surface area (Å²) in [5, 5.41) is 12.1. The van der Waals surface area contributed by atoms with Crippen LogP contribution in [0, 0.1) is 16.0 Å². The molecule has 0 saturated heterocycles. The highest BCUT2D eigenvalue weighted by atomic mass is 16.6. The lowest BCUT2D eigenvalue weighted by Gasteiger charge is -2.04. The molecule has 0 saturated carbocycles. The number of benzene rings is 1. The molecule has 0 fully saturated rings. The first-order chi connectivity index (χ1) is 9.08. The maximum absolute atomic E-state index is 11.1. The number of para-hydroxylation sites is 1. The lowest BCUT2D eigenvalue weighted by molar-refractivity contribution is -0.427. The van der Waals surface area contributed by atoms with Crippen molar-refractivity contribution in [2.45, 2.75) is 20.3 Å².